The molecule has 4 aromatic carbocycles. The van der Waals surface area contributed by atoms with Crippen LogP contribution < -0.4 is 25.2 Å². The first kappa shape index (κ1) is 52.5. The summed E-state index contributed by atoms with van der Waals surface area (Å²) in [5.41, 5.74) is 14.9. The van der Waals surface area contributed by atoms with Gasteiger partial charge in [-0.25, -0.2) is 9.97 Å². The Balaban J connectivity index is 1.13. The number of pyridine rings is 2. The number of benzene rings is 4. The average molecular weight is 1010 g/mol. The molecule has 2 N–H and O–H groups in total. The maximum absolute atomic E-state index is 7.04. The van der Waals surface area contributed by atoms with Crippen molar-refractivity contribution in [3.63, 3.8) is 0 Å². The topological polar surface area (TPSA) is 70.5 Å². The number of anilines is 4. The Morgan fingerprint density at radius 2 is 1.12 bits per heavy atom. The monoisotopic (exact) mass is 1010 g/mol. The van der Waals surface area contributed by atoms with Gasteiger partial charge in [0.05, 0.1) is 39.5 Å². The lowest BCUT2D eigenvalue weighted by molar-refractivity contribution is 0.452. The number of fused-ring (bicyclic) bond motifs is 4. The molecule has 0 fully saturated rings. The number of aromatic nitrogens is 3. The maximum atomic E-state index is 7.04. The zero-order valence-corrected chi connectivity index (χ0v) is 46.9. The molecule has 0 saturated carbocycles. The van der Waals surface area contributed by atoms with Crippen LogP contribution in [0.15, 0.2) is 189 Å². The first-order valence-electron chi connectivity index (χ1n) is 26.9. The molecule has 3 aromatic heterocycles. The molecule has 0 unspecified atom stereocenters. The SMILES string of the molecule is CC(C)(C)c1ccnc(-n2c3ccc(C(C)(C)C)cc3c3ccc(Oc4cc(N5CN(c6c(/C7=C/C=C\N/C=C\C=C/[B]7)cc(C(C)(C)C)cc6/C6=C/C=C\N/C=C\C=C/[B]6)c6ccccc65)cc(C(C)(C)C)n4)cc32)c1. The van der Waals surface area contributed by atoms with Crippen LogP contribution in [0.4, 0.5) is 22.7 Å². The van der Waals surface area contributed by atoms with E-state index in [1.54, 1.807) is 0 Å². The molecule has 386 valence electrons. The second-order valence-electron chi connectivity index (χ2n) is 24.3. The summed E-state index contributed by atoms with van der Waals surface area (Å²) >= 11 is 0. The highest BCUT2D eigenvalue weighted by Gasteiger charge is 2.34. The van der Waals surface area contributed by atoms with Crippen molar-refractivity contribution >= 4 is 70.1 Å². The summed E-state index contributed by atoms with van der Waals surface area (Å²) in [5.74, 6) is 6.33. The van der Waals surface area contributed by atoms with E-state index in [0.29, 0.717) is 18.3 Å². The molecule has 0 saturated heterocycles. The summed E-state index contributed by atoms with van der Waals surface area (Å²) in [6.07, 6.45) is 26.5. The fraction of sp³-hybridized carbons (Fsp3) is 0.254. The van der Waals surface area contributed by atoms with E-state index in [-0.39, 0.29) is 21.7 Å². The van der Waals surface area contributed by atoms with Crippen molar-refractivity contribution in [2.75, 3.05) is 16.5 Å². The number of hydrogen-bond donors (Lipinski definition) is 2. The molecule has 10 rings (SSSR count). The predicted molar refractivity (Wildman–Crippen MR) is 328 cm³/mol. The fourth-order valence-electron chi connectivity index (χ4n) is 10.1. The lowest BCUT2D eigenvalue weighted by Gasteiger charge is -2.31. The molecule has 0 atom stereocenters. The highest BCUT2D eigenvalue weighted by Crippen LogP contribution is 2.50. The van der Waals surface area contributed by atoms with Crippen LogP contribution in [0.25, 0.3) is 38.6 Å². The molecule has 0 bridgehead atoms. The Bertz CT molecular complexity index is 3580. The molecular formula is C67H71B2N7O. The highest BCUT2D eigenvalue weighted by atomic mass is 16.5. The summed E-state index contributed by atoms with van der Waals surface area (Å²) in [4.78, 5) is 15.2. The number of hydrogen-bond acceptors (Lipinski definition) is 7. The van der Waals surface area contributed by atoms with E-state index < -0.39 is 0 Å². The second-order valence-corrected chi connectivity index (χ2v) is 24.3. The molecule has 77 heavy (non-hydrogen) atoms. The number of nitrogens with one attached hydrogen (secondary N) is 2. The van der Waals surface area contributed by atoms with Crippen LogP contribution in [-0.2, 0) is 21.7 Å². The third-order valence-corrected chi connectivity index (χ3v) is 14.5. The summed E-state index contributed by atoms with van der Waals surface area (Å²) in [6, 6.07) is 35.5. The third kappa shape index (κ3) is 11.2. The van der Waals surface area contributed by atoms with Gasteiger partial charge in [0.2, 0.25) is 5.88 Å². The van der Waals surface area contributed by atoms with Gasteiger partial charge in [-0.1, -0.05) is 137 Å². The van der Waals surface area contributed by atoms with Gasteiger partial charge in [0.25, 0.3) is 0 Å². The van der Waals surface area contributed by atoms with Gasteiger partial charge in [0.1, 0.15) is 18.2 Å². The summed E-state index contributed by atoms with van der Waals surface area (Å²) in [7, 11) is 4.44. The molecule has 10 heteroatoms. The van der Waals surface area contributed by atoms with Crippen LogP contribution in [0.2, 0.25) is 0 Å². The maximum Gasteiger partial charge on any atom is 0.221 e. The number of allylic oxidation sites excluding steroid dienone is 8. The van der Waals surface area contributed by atoms with E-state index >= 15 is 0 Å². The predicted octanol–water partition coefficient (Wildman–Crippen LogP) is 16.2. The average Bonchev–Trinajstić information content (AvgIpc) is 3.96. The van der Waals surface area contributed by atoms with Crippen molar-refractivity contribution in [2.24, 2.45) is 0 Å². The molecule has 3 aliphatic heterocycles. The molecule has 0 aliphatic carbocycles. The quantitative estimate of drug-likeness (QED) is 0.154. The molecule has 0 spiro atoms. The molecule has 0 amide bonds. The van der Waals surface area contributed by atoms with Gasteiger partial charge >= 0.3 is 0 Å². The van der Waals surface area contributed by atoms with Crippen molar-refractivity contribution in [3.05, 3.63) is 222 Å². The fourth-order valence-corrected chi connectivity index (χ4v) is 10.1. The Labute approximate surface area is 458 Å². The molecule has 7 aromatic rings. The Kier molecular flexibility index (Phi) is 14.2. The molecule has 8 nitrogen and oxygen atoms in total. The number of rotatable bonds is 7. The van der Waals surface area contributed by atoms with Crippen molar-refractivity contribution in [1.82, 2.24) is 25.2 Å². The smallest absolute Gasteiger partial charge is 0.221 e. The second kappa shape index (κ2) is 20.9. The van der Waals surface area contributed by atoms with Crippen LogP contribution >= 0.6 is 0 Å². The molecule has 3 aliphatic rings. The number of nitrogens with zero attached hydrogens (tertiary/aromatic N) is 5. The van der Waals surface area contributed by atoms with Gasteiger partial charge in [0.15, 0.2) is 14.6 Å². The van der Waals surface area contributed by atoms with Crippen molar-refractivity contribution < 1.29 is 4.74 Å². The summed E-state index contributed by atoms with van der Waals surface area (Å²) in [5, 5.41) is 8.88. The molecule has 2 radical (unpaired) electrons. The van der Waals surface area contributed by atoms with Gasteiger partial charge in [-0.05, 0) is 135 Å². The Morgan fingerprint density at radius 1 is 0.519 bits per heavy atom. The van der Waals surface area contributed by atoms with Gasteiger partial charge in [-0.2, -0.15) is 0 Å². The minimum Gasteiger partial charge on any atom is -0.439 e. The van der Waals surface area contributed by atoms with Crippen LogP contribution in [0.5, 0.6) is 11.6 Å². The summed E-state index contributed by atoms with van der Waals surface area (Å²) in [6.45, 7) is 27.6. The Hall–Kier alpha value is -7.97. The normalized spacial score (nSPS) is 19.0. The largest absolute Gasteiger partial charge is 0.439 e. The summed E-state index contributed by atoms with van der Waals surface area (Å²) < 4.78 is 9.32. The Morgan fingerprint density at radius 3 is 1.73 bits per heavy atom. The lowest BCUT2D eigenvalue weighted by Crippen LogP contribution is -2.27. The van der Waals surface area contributed by atoms with E-state index in [1.165, 1.54) is 22.1 Å². The third-order valence-electron chi connectivity index (χ3n) is 14.5. The van der Waals surface area contributed by atoms with E-state index in [9.17, 15) is 0 Å². The van der Waals surface area contributed by atoms with Crippen molar-refractivity contribution in [1.29, 1.82) is 0 Å². The van der Waals surface area contributed by atoms with Gasteiger partial charge in [-0.15, -0.1) is 12.0 Å². The highest BCUT2D eigenvalue weighted by molar-refractivity contribution is 6.67. The van der Waals surface area contributed by atoms with E-state index in [4.69, 9.17) is 14.7 Å². The molecular weight excluding hydrogens is 940 g/mol. The number of para-hydroxylation sites is 2. The standard InChI is InChI=1S/C67H71B2N7O/c1-64(2,3)45-25-28-56-51(37-45)50-27-26-49(43-59(50)76(56)61-40-46(29-36-72-61)65(4,5)6)77-62-42-48(41-60(73-62)67(10,11)12)74-44-75(58-24-14-13-23-57(58)74)63-52(54-21-19-34-70-32-17-15-30-68-54)38-47(66(7,8)9)39-53(63)55-22-20-35-71-33-18-16-31-69-55/h13-43,70-71H,44H2,1-12H3/b30-15-,31-16-,32-17-,33-18-,34-19-,35-20-,54-21-,55-22-. The lowest BCUT2D eigenvalue weighted by atomic mass is 9.62. The van der Waals surface area contributed by atoms with E-state index in [2.05, 4.69) is 268 Å². The first-order chi connectivity index (χ1) is 36.7. The van der Waals surface area contributed by atoms with Crippen LogP contribution in [0.3, 0.4) is 0 Å². The van der Waals surface area contributed by atoms with Crippen LogP contribution in [0.1, 0.15) is 117 Å². The number of ether oxygens (including phenoxy) is 1. The van der Waals surface area contributed by atoms with Gasteiger partial charge < -0.3 is 25.2 Å². The minimum atomic E-state index is -0.298. The van der Waals surface area contributed by atoms with Crippen molar-refractivity contribution in [2.45, 2.75) is 105 Å². The zero-order chi connectivity index (χ0) is 54.3. The van der Waals surface area contributed by atoms with Gasteiger partial charge in [-0.3, -0.25) is 4.57 Å². The van der Waals surface area contributed by atoms with Crippen LogP contribution in [-0.4, -0.2) is 35.8 Å². The zero-order valence-electron chi connectivity index (χ0n) is 46.9. The van der Waals surface area contributed by atoms with E-state index in [1.807, 2.05) is 43.1 Å². The first-order valence-corrected chi connectivity index (χ1v) is 26.9. The minimum absolute atomic E-state index is 0.0188. The van der Waals surface area contributed by atoms with E-state index in [0.717, 1.165) is 72.8 Å². The van der Waals surface area contributed by atoms with Crippen LogP contribution in [0, 0.1) is 0 Å². The van der Waals surface area contributed by atoms with Crippen molar-refractivity contribution in [3.8, 4) is 17.4 Å². The molecule has 6 heterocycles. The van der Waals surface area contributed by atoms with Gasteiger partial charge in [0, 0.05) is 59.3 Å².